The van der Waals surface area contributed by atoms with E-state index in [0.29, 0.717) is 28.8 Å². The standard InChI is InChI=1S/C19H18N4O3S/c1-26-15-9-7-13(8-10-15)20-19(24)21-18-16-11-27(25)12-17(16)22-23(18)14-5-3-2-4-6-14/h2-10H,11-12H2,1H3,(H2,20,21,24)/p+1. The van der Waals surface area contributed by atoms with Crippen LogP contribution in [0.25, 0.3) is 5.69 Å². The molecule has 1 atom stereocenters. The van der Waals surface area contributed by atoms with Crippen molar-refractivity contribution >= 4 is 28.3 Å². The number of thiol groups is 1. The van der Waals surface area contributed by atoms with Crippen LogP contribution in [0.1, 0.15) is 11.3 Å². The van der Waals surface area contributed by atoms with Gasteiger partial charge in [-0.1, -0.05) is 18.2 Å². The number of rotatable bonds is 4. The molecule has 1 unspecified atom stereocenters. The summed E-state index contributed by atoms with van der Waals surface area (Å²) in [5, 5.41) is 10.2. The fourth-order valence-corrected chi connectivity index (χ4v) is 4.40. The number of nitrogens with zero attached hydrogens (tertiary/aromatic N) is 2. The molecule has 3 aromatic rings. The average molecular weight is 383 g/mol. The molecule has 0 aliphatic carbocycles. The van der Waals surface area contributed by atoms with Crippen molar-refractivity contribution < 1.29 is 13.7 Å². The molecule has 2 aromatic carbocycles. The van der Waals surface area contributed by atoms with E-state index in [-0.39, 0.29) is 6.03 Å². The van der Waals surface area contributed by atoms with Gasteiger partial charge in [-0.3, -0.25) is 5.32 Å². The molecule has 0 fully saturated rings. The number of urea groups is 1. The molecular formula is C19H19N4O3S+. The first kappa shape index (κ1) is 17.3. The molecule has 0 spiro atoms. The molecule has 27 heavy (non-hydrogen) atoms. The summed E-state index contributed by atoms with van der Waals surface area (Å²) in [5.41, 5.74) is 3.09. The summed E-state index contributed by atoms with van der Waals surface area (Å²) >= 11 is 0. The summed E-state index contributed by atoms with van der Waals surface area (Å²) in [6, 6.07) is 16.2. The first-order valence-corrected chi connectivity index (χ1v) is 10.1. The molecule has 2 N–H and O–H groups in total. The second-order valence-electron chi connectivity index (χ2n) is 6.13. The summed E-state index contributed by atoms with van der Waals surface area (Å²) in [4.78, 5) is 12.5. The predicted molar refractivity (Wildman–Crippen MR) is 106 cm³/mol. The van der Waals surface area contributed by atoms with Crippen molar-refractivity contribution in [3.8, 4) is 11.4 Å². The van der Waals surface area contributed by atoms with Gasteiger partial charge in [0.15, 0.2) is 5.75 Å². The van der Waals surface area contributed by atoms with Crippen LogP contribution in [0.5, 0.6) is 5.75 Å². The Balaban J connectivity index is 1.60. The maximum atomic E-state index is 12.5. The third-order valence-electron chi connectivity index (χ3n) is 4.31. The number of hydrogen-bond donors (Lipinski definition) is 2. The van der Waals surface area contributed by atoms with Gasteiger partial charge in [-0.2, -0.15) is 5.10 Å². The van der Waals surface area contributed by atoms with Gasteiger partial charge in [-0.15, -0.1) is 4.21 Å². The van der Waals surface area contributed by atoms with Crippen LogP contribution in [-0.2, 0) is 26.5 Å². The van der Waals surface area contributed by atoms with Gasteiger partial charge in [0.25, 0.3) is 0 Å². The van der Waals surface area contributed by atoms with Gasteiger partial charge >= 0.3 is 6.03 Å². The highest BCUT2D eigenvalue weighted by molar-refractivity contribution is 7.83. The smallest absolute Gasteiger partial charge is 0.324 e. The lowest BCUT2D eigenvalue weighted by atomic mass is 10.2. The number of para-hydroxylation sites is 1. The number of ether oxygens (including phenoxy) is 1. The van der Waals surface area contributed by atoms with Gasteiger partial charge < -0.3 is 10.1 Å². The first-order valence-electron chi connectivity index (χ1n) is 8.44. The van der Waals surface area contributed by atoms with E-state index in [0.717, 1.165) is 16.9 Å². The van der Waals surface area contributed by atoms with Gasteiger partial charge in [-0.25, -0.2) is 9.48 Å². The second kappa shape index (κ2) is 7.24. The van der Waals surface area contributed by atoms with E-state index < -0.39 is 10.8 Å². The molecule has 138 valence electrons. The van der Waals surface area contributed by atoms with Crippen molar-refractivity contribution in [1.82, 2.24) is 9.78 Å². The van der Waals surface area contributed by atoms with Crippen LogP contribution in [0.15, 0.2) is 54.6 Å². The molecule has 1 aliphatic rings. The zero-order valence-corrected chi connectivity index (χ0v) is 15.6. The van der Waals surface area contributed by atoms with Crippen LogP contribution in [0, 0.1) is 0 Å². The molecule has 8 heteroatoms. The topological polar surface area (TPSA) is 85.2 Å². The summed E-state index contributed by atoms with van der Waals surface area (Å²) in [7, 11) is 0.246. The molecule has 0 bridgehead atoms. The van der Waals surface area contributed by atoms with Gasteiger partial charge in [0.2, 0.25) is 0 Å². The van der Waals surface area contributed by atoms with E-state index in [4.69, 9.17) is 4.74 Å². The summed E-state index contributed by atoms with van der Waals surface area (Å²) in [6.45, 7) is 0. The lowest BCUT2D eigenvalue weighted by Crippen LogP contribution is -2.22. The number of benzene rings is 2. The summed E-state index contributed by atoms with van der Waals surface area (Å²) < 4.78 is 18.8. The van der Waals surface area contributed by atoms with Gasteiger partial charge in [0.1, 0.15) is 23.0 Å². The van der Waals surface area contributed by atoms with E-state index in [9.17, 15) is 9.00 Å². The zero-order valence-electron chi connectivity index (χ0n) is 14.7. The van der Waals surface area contributed by atoms with Crippen LogP contribution < -0.4 is 15.4 Å². The van der Waals surface area contributed by atoms with E-state index in [1.807, 2.05) is 30.3 Å². The Morgan fingerprint density at radius 2 is 1.81 bits per heavy atom. The van der Waals surface area contributed by atoms with Crippen molar-refractivity contribution in [2.24, 2.45) is 0 Å². The fraction of sp³-hybridized carbons (Fsp3) is 0.158. The van der Waals surface area contributed by atoms with E-state index in [2.05, 4.69) is 15.7 Å². The van der Waals surface area contributed by atoms with Crippen molar-refractivity contribution in [3.63, 3.8) is 0 Å². The minimum Gasteiger partial charge on any atom is -0.497 e. The van der Waals surface area contributed by atoms with Crippen LogP contribution >= 0.6 is 0 Å². The lowest BCUT2D eigenvalue weighted by Gasteiger charge is -2.11. The highest BCUT2D eigenvalue weighted by Gasteiger charge is 2.32. The Hall–Kier alpha value is -3.13. The first-order chi connectivity index (χ1) is 13.1. The SMILES string of the molecule is COc1ccc(NC(=O)Nc2c3c(nn2-c2ccccc2)C[SH+](=O)C3)cc1. The van der Waals surface area contributed by atoms with E-state index in [1.54, 1.807) is 36.1 Å². The maximum absolute atomic E-state index is 12.5. The second-order valence-corrected chi connectivity index (χ2v) is 7.72. The Morgan fingerprint density at radius 1 is 1.07 bits per heavy atom. The summed E-state index contributed by atoms with van der Waals surface area (Å²) in [6.07, 6.45) is 0. The molecule has 2 amide bonds. The van der Waals surface area contributed by atoms with Crippen molar-refractivity contribution in [2.45, 2.75) is 11.5 Å². The van der Waals surface area contributed by atoms with Crippen LogP contribution in [0.2, 0.25) is 0 Å². The molecule has 7 nitrogen and oxygen atoms in total. The predicted octanol–water partition coefficient (Wildman–Crippen LogP) is 3.23. The molecular weight excluding hydrogens is 364 g/mol. The average Bonchev–Trinajstić information content (AvgIpc) is 3.20. The normalized spacial score (nSPS) is 15.2. The largest absolute Gasteiger partial charge is 0.497 e. The maximum Gasteiger partial charge on any atom is 0.324 e. The fourth-order valence-electron chi connectivity index (χ4n) is 3.02. The van der Waals surface area contributed by atoms with Crippen LogP contribution in [0.4, 0.5) is 16.3 Å². The highest BCUT2D eigenvalue weighted by atomic mass is 32.2. The number of hydrogen-bond acceptors (Lipinski definition) is 4. The van der Waals surface area contributed by atoms with E-state index >= 15 is 0 Å². The summed E-state index contributed by atoms with van der Waals surface area (Å²) in [5.74, 6) is 2.14. The molecule has 1 aromatic heterocycles. The highest BCUT2D eigenvalue weighted by Crippen LogP contribution is 2.31. The van der Waals surface area contributed by atoms with Crippen molar-refractivity contribution in [3.05, 3.63) is 65.9 Å². The number of carbonyl (C=O) groups excluding carboxylic acids is 1. The van der Waals surface area contributed by atoms with Gasteiger partial charge in [0, 0.05) is 5.69 Å². The van der Waals surface area contributed by atoms with Crippen LogP contribution in [-0.4, -0.2) is 22.9 Å². The minimum atomic E-state index is -1.34. The van der Waals surface area contributed by atoms with Crippen molar-refractivity contribution in [1.29, 1.82) is 0 Å². The van der Waals surface area contributed by atoms with Crippen molar-refractivity contribution in [2.75, 3.05) is 17.7 Å². The third kappa shape index (κ3) is 3.56. The number of carbonyl (C=O) groups is 1. The number of anilines is 2. The van der Waals surface area contributed by atoms with Crippen LogP contribution in [0.3, 0.4) is 0 Å². The van der Waals surface area contributed by atoms with Gasteiger partial charge in [0.05, 0.1) is 29.2 Å². The molecule has 4 rings (SSSR count). The Labute approximate surface area is 158 Å². The van der Waals surface area contributed by atoms with Gasteiger partial charge in [-0.05, 0) is 36.4 Å². The molecule has 1 aliphatic heterocycles. The monoisotopic (exact) mass is 383 g/mol. The number of aromatic nitrogens is 2. The molecule has 0 saturated heterocycles. The Bertz CT molecular complexity index is 1000. The minimum absolute atomic E-state index is 0.387. The molecule has 0 saturated carbocycles. The quantitative estimate of drug-likeness (QED) is 0.535. The Kier molecular flexibility index (Phi) is 4.64. The number of methoxy groups -OCH3 is 1. The van der Waals surface area contributed by atoms with E-state index in [1.165, 1.54) is 0 Å². The molecule has 2 heterocycles. The zero-order chi connectivity index (χ0) is 18.8. The number of amides is 2. The number of nitrogens with one attached hydrogen (secondary N) is 2. The lowest BCUT2D eigenvalue weighted by molar-refractivity contribution is 0.262. The molecule has 0 radical (unpaired) electrons. The third-order valence-corrected chi connectivity index (χ3v) is 5.63. The Morgan fingerprint density at radius 3 is 2.52 bits per heavy atom. The number of fused-ring (bicyclic) bond motifs is 1.